The fourth-order valence-electron chi connectivity index (χ4n) is 4.53. The molecule has 0 aliphatic carbocycles. The van der Waals surface area contributed by atoms with E-state index in [0.717, 1.165) is 48.7 Å². The van der Waals surface area contributed by atoms with Crippen LogP contribution < -0.4 is 9.62 Å². The van der Waals surface area contributed by atoms with Crippen molar-refractivity contribution in [1.82, 2.24) is 14.6 Å². The lowest BCUT2D eigenvalue weighted by atomic mass is 10.1. The number of halogens is 3. The van der Waals surface area contributed by atoms with E-state index in [1.54, 1.807) is 0 Å². The maximum atomic E-state index is 12.5. The molecule has 0 aromatic carbocycles. The number of sulfonamides is 1. The first-order valence-electron chi connectivity index (χ1n) is 10.9. The minimum Gasteiger partial charge on any atom is -0.353 e. The van der Waals surface area contributed by atoms with Gasteiger partial charge in [-0.2, -0.15) is 13.2 Å². The molecule has 1 aromatic rings. The van der Waals surface area contributed by atoms with Gasteiger partial charge in [-0.25, -0.2) is 18.1 Å². The molecular formula is C21H28F3N5O2S. The SMILES string of the molecule is CC[C@@H]1C[C@H](NS(=O)(=O)CCC(F)(F)F)CN1/C1=C/CCC/C=C2/C=Nc3[nH]ccc3N21. The third-order valence-electron chi connectivity index (χ3n) is 6.03. The minimum absolute atomic E-state index is 0.0681. The number of aromatic nitrogens is 1. The van der Waals surface area contributed by atoms with Gasteiger partial charge in [-0.3, -0.25) is 4.90 Å². The molecule has 3 aliphatic rings. The number of likely N-dealkylation sites (tertiary alicyclic amines) is 1. The van der Waals surface area contributed by atoms with Gasteiger partial charge in [0.15, 0.2) is 5.82 Å². The molecule has 7 nitrogen and oxygen atoms in total. The summed E-state index contributed by atoms with van der Waals surface area (Å²) in [4.78, 5) is 12.0. The van der Waals surface area contributed by atoms with E-state index in [0.29, 0.717) is 13.0 Å². The van der Waals surface area contributed by atoms with Crippen LogP contribution in [0.1, 0.15) is 45.4 Å². The summed E-state index contributed by atoms with van der Waals surface area (Å²) in [7, 11) is -4.03. The number of fused-ring (bicyclic) bond motifs is 3. The van der Waals surface area contributed by atoms with Crippen LogP contribution in [0.5, 0.6) is 0 Å². The molecule has 2 N–H and O–H groups in total. The Morgan fingerprint density at radius 1 is 1.28 bits per heavy atom. The number of rotatable bonds is 6. The van der Waals surface area contributed by atoms with E-state index in [2.05, 4.69) is 36.7 Å². The Balaban J connectivity index is 1.57. The lowest BCUT2D eigenvalue weighted by Gasteiger charge is -2.39. The van der Waals surface area contributed by atoms with Crippen molar-refractivity contribution in [3.8, 4) is 0 Å². The summed E-state index contributed by atoms with van der Waals surface area (Å²) < 4.78 is 64.6. The summed E-state index contributed by atoms with van der Waals surface area (Å²) in [6.07, 6.45) is 6.27. The summed E-state index contributed by atoms with van der Waals surface area (Å²) in [5.74, 6) is 0.770. The van der Waals surface area contributed by atoms with E-state index >= 15 is 0 Å². The molecule has 0 bridgehead atoms. The highest BCUT2D eigenvalue weighted by molar-refractivity contribution is 7.89. The summed E-state index contributed by atoms with van der Waals surface area (Å²) in [6.45, 7) is 2.44. The van der Waals surface area contributed by atoms with Crippen molar-refractivity contribution >= 4 is 27.7 Å². The molecule has 1 aromatic heterocycles. The van der Waals surface area contributed by atoms with Gasteiger partial charge in [0.2, 0.25) is 10.0 Å². The van der Waals surface area contributed by atoms with Gasteiger partial charge >= 0.3 is 6.18 Å². The number of nitrogens with zero attached hydrogens (tertiary/aromatic N) is 3. The zero-order chi connectivity index (χ0) is 22.9. The lowest BCUT2D eigenvalue weighted by Crippen LogP contribution is -2.42. The van der Waals surface area contributed by atoms with Gasteiger partial charge in [0.25, 0.3) is 0 Å². The van der Waals surface area contributed by atoms with Gasteiger partial charge in [-0.15, -0.1) is 0 Å². The largest absolute Gasteiger partial charge is 0.390 e. The molecule has 11 heteroatoms. The Kier molecular flexibility index (Phi) is 6.39. The molecule has 0 saturated carbocycles. The number of alkyl halides is 3. The summed E-state index contributed by atoms with van der Waals surface area (Å²) in [5, 5.41) is 0. The van der Waals surface area contributed by atoms with Crippen LogP contribution in [0, 0.1) is 0 Å². The standard InChI is InChI=1S/C21H28F3N5O2S/c1-2-16-12-15(27-32(30,31)11-9-21(22,23)24)14-28(16)19-7-5-3-4-6-17-13-26-20-18(29(17)19)8-10-25-20/h6-8,10,13,15-16,25,27H,2-5,9,11-12,14H2,1H3/b17-6-,19-7-/t15-,16+/m0/s1. The van der Waals surface area contributed by atoms with Crippen LogP contribution in [-0.4, -0.2) is 55.1 Å². The Bertz CT molecular complexity index is 1030. The maximum absolute atomic E-state index is 12.5. The zero-order valence-corrected chi connectivity index (χ0v) is 18.7. The summed E-state index contributed by atoms with van der Waals surface area (Å²) in [6, 6.07) is 1.59. The lowest BCUT2D eigenvalue weighted by molar-refractivity contribution is -0.130. The van der Waals surface area contributed by atoms with Gasteiger partial charge in [0.05, 0.1) is 29.8 Å². The van der Waals surface area contributed by atoms with Gasteiger partial charge < -0.3 is 9.88 Å². The Labute approximate surface area is 186 Å². The van der Waals surface area contributed by atoms with Crippen LogP contribution in [0.2, 0.25) is 0 Å². The molecule has 0 radical (unpaired) electrons. The topological polar surface area (TPSA) is 80.8 Å². The highest BCUT2D eigenvalue weighted by Gasteiger charge is 2.38. The van der Waals surface area contributed by atoms with Crippen LogP contribution in [-0.2, 0) is 10.0 Å². The molecule has 1 fully saturated rings. The van der Waals surface area contributed by atoms with Crippen molar-refractivity contribution in [2.45, 2.75) is 63.7 Å². The van der Waals surface area contributed by atoms with E-state index in [1.165, 1.54) is 0 Å². The fourth-order valence-corrected chi connectivity index (χ4v) is 5.83. The molecule has 4 heterocycles. The van der Waals surface area contributed by atoms with Gasteiger partial charge in [-0.05, 0) is 44.2 Å². The van der Waals surface area contributed by atoms with Gasteiger partial charge in [-0.1, -0.05) is 13.0 Å². The summed E-state index contributed by atoms with van der Waals surface area (Å²) in [5.41, 5.74) is 1.89. The minimum atomic E-state index is -4.50. The molecule has 0 amide bonds. The van der Waals surface area contributed by atoms with Crippen LogP contribution in [0.15, 0.2) is 40.9 Å². The van der Waals surface area contributed by atoms with Crippen molar-refractivity contribution in [1.29, 1.82) is 0 Å². The van der Waals surface area contributed by atoms with E-state index in [9.17, 15) is 21.6 Å². The Morgan fingerprint density at radius 3 is 2.81 bits per heavy atom. The van der Waals surface area contributed by atoms with E-state index in [1.807, 2.05) is 25.4 Å². The van der Waals surface area contributed by atoms with Gasteiger partial charge in [0.1, 0.15) is 5.82 Å². The highest BCUT2D eigenvalue weighted by atomic mass is 32.2. The predicted octanol–water partition coefficient (Wildman–Crippen LogP) is 4.17. The molecule has 4 rings (SSSR count). The molecule has 0 unspecified atom stereocenters. The first-order chi connectivity index (χ1) is 15.2. The summed E-state index contributed by atoms with van der Waals surface area (Å²) >= 11 is 0. The van der Waals surface area contributed by atoms with Crippen molar-refractivity contribution in [2.75, 3.05) is 17.2 Å². The third kappa shape index (κ3) is 5.03. The first-order valence-corrected chi connectivity index (χ1v) is 12.6. The highest BCUT2D eigenvalue weighted by Crippen LogP contribution is 2.40. The monoisotopic (exact) mass is 471 g/mol. The van der Waals surface area contributed by atoms with E-state index in [-0.39, 0.29) is 6.04 Å². The molecule has 0 spiro atoms. The average molecular weight is 472 g/mol. The average Bonchev–Trinajstić information content (AvgIpc) is 3.33. The fraction of sp³-hybridized carbons (Fsp3) is 0.571. The predicted molar refractivity (Wildman–Crippen MR) is 118 cm³/mol. The van der Waals surface area contributed by atoms with Crippen molar-refractivity contribution in [3.05, 3.63) is 35.9 Å². The van der Waals surface area contributed by atoms with Crippen molar-refractivity contribution < 1.29 is 21.6 Å². The van der Waals surface area contributed by atoms with Crippen molar-refractivity contribution in [3.63, 3.8) is 0 Å². The normalized spacial score (nSPS) is 27.1. The molecular weight excluding hydrogens is 443 g/mol. The maximum Gasteiger partial charge on any atom is 0.390 e. The Hall–Kier alpha value is -2.27. The first kappa shape index (κ1) is 22.9. The number of aromatic amines is 1. The second-order valence-electron chi connectivity index (χ2n) is 8.38. The van der Waals surface area contributed by atoms with Crippen LogP contribution in [0.3, 0.4) is 0 Å². The molecule has 176 valence electrons. The molecule has 2 atom stereocenters. The second kappa shape index (κ2) is 8.93. The van der Waals surface area contributed by atoms with E-state index < -0.39 is 34.4 Å². The third-order valence-corrected chi connectivity index (χ3v) is 7.46. The number of aliphatic imine (C=N–C) groups is 1. The number of allylic oxidation sites excluding steroid dienone is 3. The Morgan fingerprint density at radius 2 is 2.06 bits per heavy atom. The number of H-pyrrole nitrogens is 1. The van der Waals surface area contributed by atoms with Crippen LogP contribution in [0.25, 0.3) is 0 Å². The number of anilines is 1. The molecule has 3 aliphatic heterocycles. The van der Waals surface area contributed by atoms with Gasteiger partial charge in [0, 0.05) is 24.8 Å². The molecule has 1 saturated heterocycles. The van der Waals surface area contributed by atoms with Crippen LogP contribution >= 0.6 is 0 Å². The zero-order valence-electron chi connectivity index (χ0n) is 17.9. The number of nitrogens with one attached hydrogen (secondary N) is 2. The van der Waals surface area contributed by atoms with E-state index in [4.69, 9.17) is 0 Å². The number of hydrogen-bond donors (Lipinski definition) is 2. The quantitative estimate of drug-likeness (QED) is 0.653. The van der Waals surface area contributed by atoms with Crippen LogP contribution in [0.4, 0.5) is 24.7 Å². The van der Waals surface area contributed by atoms with Crippen molar-refractivity contribution in [2.24, 2.45) is 4.99 Å². The number of hydrogen-bond acceptors (Lipinski definition) is 5. The smallest absolute Gasteiger partial charge is 0.353 e. The molecule has 32 heavy (non-hydrogen) atoms. The second-order valence-corrected chi connectivity index (χ2v) is 10.2.